The number of nitrogens with one attached hydrogen (secondary N) is 1. The Balaban J connectivity index is 1.77. The van der Waals surface area contributed by atoms with Crippen LogP contribution in [0.1, 0.15) is 37.1 Å². The maximum absolute atomic E-state index is 14.8. The molecule has 6 nitrogen and oxygen atoms in total. The van der Waals surface area contributed by atoms with Gasteiger partial charge in [0, 0.05) is 31.9 Å². The summed E-state index contributed by atoms with van der Waals surface area (Å²) >= 11 is 0. The number of aromatic nitrogens is 3. The Morgan fingerprint density at radius 3 is 2.68 bits per heavy atom. The van der Waals surface area contributed by atoms with Crippen molar-refractivity contribution >= 4 is 16.7 Å². The van der Waals surface area contributed by atoms with Gasteiger partial charge in [0.25, 0.3) is 11.5 Å². The largest absolute Gasteiger partial charge is 0.357 e. The van der Waals surface area contributed by atoms with Crippen LogP contribution in [0.4, 0.5) is 23.4 Å². The van der Waals surface area contributed by atoms with Gasteiger partial charge >= 0.3 is 0 Å². The highest BCUT2D eigenvalue weighted by Gasteiger charge is 2.45. The highest BCUT2D eigenvalue weighted by atomic mass is 19.3. The van der Waals surface area contributed by atoms with Crippen molar-refractivity contribution in [1.29, 1.82) is 0 Å². The molecule has 164 valence electrons. The van der Waals surface area contributed by atoms with E-state index in [9.17, 15) is 22.4 Å². The molecular weight excluding hydrogens is 416 g/mol. The van der Waals surface area contributed by atoms with Crippen molar-refractivity contribution in [3.8, 4) is 0 Å². The predicted octanol–water partition coefficient (Wildman–Crippen LogP) is 4.26. The summed E-state index contributed by atoms with van der Waals surface area (Å²) in [5.41, 5.74) is -1.85. The van der Waals surface area contributed by atoms with E-state index in [1.165, 1.54) is 42.4 Å². The van der Waals surface area contributed by atoms with Gasteiger partial charge in [-0.3, -0.25) is 4.79 Å². The minimum atomic E-state index is -3.37. The van der Waals surface area contributed by atoms with Gasteiger partial charge in [0.2, 0.25) is 0 Å². The maximum Gasteiger partial charge on any atom is 0.273 e. The van der Waals surface area contributed by atoms with Crippen LogP contribution in [0.25, 0.3) is 10.9 Å². The Labute approximate surface area is 174 Å². The fourth-order valence-electron chi connectivity index (χ4n) is 3.58. The van der Waals surface area contributed by atoms with Crippen molar-refractivity contribution in [1.82, 2.24) is 14.5 Å². The standard InChI is InChI=1S/C21H20F4N4O2/c1-20(24,25)14-5-3-4-12(17(14)23)19(31-2)28-18-13-9-29(21(10-22)6-7-21)16(30)8-15(13)26-11-27-18/h3-5,8-9,11,19H,6-7,10H2,1-2H3,(H,26,27,28). The number of anilines is 1. The maximum atomic E-state index is 14.8. The first-order chi connectivity index (χ1) is 14.7. The average Bonchev–Trinajstić information content (AvgIpc) is 3.52. The van der Waals surface area contributed by atoms with E-state index in [2.05, 4.69) is 15.3 Å². The number of alkyl halides is 3. The second-order valence-electron chi connectivity index (χ2n) is 7.72. The molecule has 1 aromatic carbocycles. The molecule has 1 aliphatic rings. The normalized spacial score (nSPS) is 16.3. The molecule has 1 N–H and O–H groups in total. The third-order valence-electron chi connectivity index (χ3n) is 5.55. The second-order valence-corrected chi connectivity index (χ2v) is 7.72. The number of methoxy groups -OCH3 is 1. The summed E-state index contributed by atoms with van der Waals surface area (Å²) in [5, 5.41) is 3.27. The highest BCUT2D eigenvalue weighted by molar-refractivity contribution is 5.88. The second kappa shape index (κ2) is 7.60. The molecule has 0 bridgehead atoms. The van der Waals surface area contributed by atoms with Crippen molar-refractivity contribution in [2.45, 2.75) is 37.5 Å². The van der Waals surface area contributed by atoms with Crippen molar-refractivity contribution in [2.75, 3.05) is 19.1 Å². The van der Waals surface area contributed by atoms with Crippen LogP contribution in [0.5, 0.6) is 0 Å². The quantitative estimate of drug-likeness (QED) is 0.443. The zero-order chi connectivity index (χ0) is 22.4. The molecule has 1 unspecified atom stereocenters. The van der Waals surface area contributed by atoms with Crippen LogP contribution in [-0.4, -0.2) is 28.3 Å². The molecule has 2 heterocycles. The lowest BCUT2D eigenvalue weighted by molar-refractivity contribution is 0.0130. The lowest BCUT2D eigenvalue weighted by Gasteiger charge is -2.22. The van der Waals surface area contributed by atoms with E-state index in [0.717, 1.165) is 6.07 Å². The van der Waals surface area contributed by atoms with Crippen molar-refractivity contribution in [3.63, 3.8) is 0 Å². The molecule has 1 fully saturated rings. The molecule has 3 aromatic rings. The Bertz CT molecular complexity index is 1190. The number of halogens is 4. The first-order valence-electron chi connectivity index (χ1n) is 9.60. The van der Waals surface area contributed by atoms with Crippen LogP contribution >= 0.6 is 0 Å². The average molecular weight is 436 g/mol. The molecule has 4 rings (SSSR count). The minimum absolute atomic E-state index is 0.135. The van der Waals surface area contributed by atoms with Crippen LogP contribution in [0.15, 0.2) is 41.6 Å². The number of fused-ring (bicyclic) bond motifs is 1. The van der Waals surface area contributed by atoms with Crippen LogP contribution in [0, 0.1) is 5.82 Å². The predicted molar refractivity (Wildman–Crippen MR) is 106 cm³/mol. The van der Waals surface area contributed by atoms with Gasteiger partial charge in [-0.05, 0) is 12.8 Å². The number of benzene rings is 1. The Morgan fingerprint density at radius 1 is 1.32 bits per heavy atom. The number of rotatable bonds is 7. The Morgan fingerprint density at radius 2 is 2.06 bits per heavy atom. The third kappa shape index (κ3) is 3.76. The molecule has 10 heteroatoms. The van der Waals surface area contributed by atoms with E-state index >= 15 is 0 Å². The van der Waals surface area contributed by atoms with Crippen LogP contribution in [0.2, 0.25) is 0 Å². The van der Waals surface area contributed by atoms with E-state index in [1.807, 2.05) is 0 Å². The zero-order valence-electron chi connectivity index (χ0n) is 16.8. The molecule has 0 radical (unpaired) electrons. The van der Waals surface area contributed by atoms with Gasteiger partial charge in [0.05, 0.1) is 22.0 Å². The summed E-state index contributed by atoms with van der Waals surface area (Å²) in [6.45, 7) is -0.0704. The summed E-state index contributed by atoms with van der Waals surface area (Å²) in [6, 6.07) is 4.93. The summed E-state index contributed by atoms with van der Waals surface area (Å²) in [4.78, 5) is 20.6. The fourth-order valence-corrected chi connectivity index (χ4v) is 3.58. The molecule has 31 heavy (non-hydrogen) atoms. The number of ether oxygens (including phenoxy) is 1. The van der Waals surface area contributed by atoms with E-state index in [4.69, 9.17) is 4.74 Å². The van der Waals surface area contributed by atoms with Gasteiger partial charge in [0.15, 0.2) is 6.23 Å². The van der Waals surface area contributed by atoms with Gasteiger partial charge in [-0.25, -0.2) is 27.5 Å². The lowest BCUT2D eigenvalue weighted by Crippen LogP contribution is -2.31. The number of nitrogens with zero attached hydrogens (tertiary/aromatic N) is 3. The first-order valence-corrected chi connectivity index (χ1v) is 9.60. The Kier molecular flexibility index (Phi) is 5.20. The monoisotopic (exact) mass is 436 g/mol. The molecule has 0 amide bonds. The lowest BCUT2D eigenvalue weighted by atomic mass is 10.0. The third-order valence-corrected chi connectivity index (χ3v) is 5.55. The molecular formula is C21H20F4N4O2. The number of pyridine rings is 1. The van der Waals surface area contributed by atoms with Crippen LogP contribution in [-0.2, 0) is 16.2 Å². The molecule has 0 aliphatic heterocycles. The summed E-state index contributed by atoms with van der Waals surface area (Å²) in [5.74, 6) is -4.28. The molecule has 1 atom stereocenters. The molecule has 0 saturated heterocycles. The van der Waals surface area contributed by atoms with Gasteiger partial charge in [0.1, 0.15) is 24.6 Å². The summed E-state index contributed by atoms with van der Waals surface area (Å²) in [6.07, 6.45) is 2.59. The fraction of sp³-hybridized carbons (Fsp3) is 0.381. The van der Waals surface area contributed by atoms with E-state index < -0.39 is 35.7 Å². The highest BCUT2D eigenvalue weighted by Crippen LogP contribution is 2.43. The smallest absolute Gasteiger partial charge is 0.273 e. The van der Waals surface area contributed by atoms with Crippen LogP contribution < -0.4 is 10.9 Å². The zero-order valence-corrected chi connectivity index (χ0v) is 16.8. The molecule has 0 spiro atoms. The Hall–Kier alpha value is -3.01. The number of hydrogen-bond donors (Lipinski definition) is 1. The van der Waals surface area contributed by atoms with E-state index in [1.54, 1.807) is 0 Å². The van der Waals surface area contributed by atoms with Crippen LogP contribution in [0.3, 0.4) is 0 Å². The van der Waals surface area contributed by atoms with Gasteiger partial charge in [-0.1, -0.05) is 18.2 Å². The van der Waals surface area contributed by atoms with E-state index in [0.29, 0.717) is 30.7 Å². The summed E-state index contributed by atoms with van der Waals surface area (Å²) < 4.78 is 62.5. The van der Waals surface area contributed by atoms with E-state index in [-0.39, 0.29) is 16.9 Å². The van der Waals surface area contributed by atoms with Gasteiger partial charge in [-0.2, -0.15) is 0 Å². The van der Waals surface area contributed by atoms with Crippen molar-refractivity contribution < 1.29 is 22.3 Å². The first kappa shape index (κ1) is 21.2. The topological polar surface area (TPSA) is 69.0 Å². The summed E-state index contributed by atoms with van der Waals surface area (Å²) in [7, 11) is 1.29. The molecule has 1 aliphatic carbocycles. The minimum Gasteiger partial charge on any atom is -0.357 e. The number of hydrogen-bond acceptors (Lipinski definition) is 5. The van der Waals surface area contributed by atoms with Gasteiger partial charge < -0.3 is 14.6 Å². The van der Waals surface area contributed by atoms with Gasteiger partial charge in [-0.15, -0.1) is 0 Å². The van der Waals surface area contributed by atoms with Crippen molar-refractivity contribution in [3.05, 3.63) is 64.1 Å². The SMILES string of the molecule is COC(Nc1ncnc2cc(=O)n(C3(CF)CC3)cc12)c1cccc(C(C)(F)F)c1F. The molecule has 2 aromatic heterocycles. The molecule has 1 saturated carbocycles. The van der Waals surface area contributed by atoms with Crippen molar-refractivity contribution in [2.24, 2.45) is 0 Å².